The number of ether oxygens (including phenoxy) is 2. The van der Waals surface area contributed by atoms with Crippen LogP contribution in [0.15, 0.2) is 36.9 Å². The number of nitrogens with two attached hydrogens (primary N) is 2. The molecule has 10 atom stereocenters. The molecule has 4 heterocycles. The fraction of sp³-hybridized carbons (Fsp3) is 0.500. The number of aliphatic hydroxyl groups excluding tert-OH is 4. The van der Waals surface area contributed by atoms with E-state index in [4.69, 9.17) is 30.0 Å². The molecular weight excluding hydrogens is 658 g/mol. The van der Waals surface area contributed by atoms with Gasteiger partial charge in [-0.3, -0.25) is 13.8 Å². The maximum atomic E-state index is 12.4. The number of aliphatic hydroxyl groups is 4. The van der Waals surface area contributed by atoms with Crippen molar-refractivity contribution in [2.45, 2.75) is 61.8 Å². The first kappa shape index (κ1) is 34.4. The zero-order valence-electron chi connectivity index (χ0n) is 23.7. The number of carbonyl (C=O) groups is 1. The van der Waals surface area contributed by atoms with E-state index in [0.29, 0.717) is 11.2 Å². The number of benzene rings is 1. The van der Waals surface area contributed by atoms with E-state index >= 15 is 0 Å². The van der Waals surface area contributed by atoms with Crippen molar-refractivity contribution < 1.29 is 67.0 Å². The number of nitrogen functional groups attached to an aromatic ring is 1. The first-order valence-electron chi connectivity index (χ1n) is 13.7. The molecule has 0 saturated carbocycles. The maximum absolute atomic E-state index is 12.4. The average Bonchev–Trinajstić information content (AvgIpc) is 3.63. The number of primary amides is 1. The third kappa shape index (κ3) is 7.61. The molecule has 1 amide bonds. The number of hydrogen-bond donors (Lipinski definition) is 8. The molecule has 22 heteroatoms. The second kappa shape index (κ2) is 13.7. The summed E-state index contributed by atoms with van der Waals surface area (Å²) in [6.45, 7) is -1.47. The topological polar surface area (TPSA) is 314 Å². The number of imidazole rings is 1. The van der Waals surface area contributed by atoms with Crippen LogP contribution in [-0.4, -0.2) is 112 Å². The van der Waals surface area contributed by atoms with Crippen LogP contribution in [-0.2, 0) is 38.5 Å². The van der Waals surface area contributed by atoms with Gasteiger partial charge in [0, 0.05) is 12.1 Å². The van der Waals surface area contributed by atoms with Crippen LogP contribution in [0.2, 0.25) is 0 Å². The molecule has 20 nitrogen and oxygen atoms in total. The number of phosphoric acid groups is 2. The molecule has 0 aliphatic carbocycles. The Morgan fingerprint density at radius 1 is 0.913 bits per heavy atom. The summed E-state index contributed by atoms with van der Waals surface area (Å²) in [5, 5.41) is 41.6. The van der Waals surface area contributed by atoms with Gasteiger partial charge >= 0.3 is 15.6 Å². The highest BCUT2D eigenvalue weighted by atomic mass is 31.3. The Morgan fingerprint density at radius 2 is 1.54 bits per heavy atom. The highest BCUT2D eigenvalue weighted by molar-refractivity contribution is 7.61. The van der Waals surface area contributed by atoms with Crippen LogP contribution >= 0.6 is 15.6 Å². The minimum absolute atomic E-state index is 0.111. The lowest BCUT2D eigenvalue weighted by atomic mass is 10.00. The molecule has 5 rings (SSSR count). The molecule has 10 N–H and O–H groups in total. The van der Waals surface area contributed by atoms with E-state index < -0.39 is 83.6 Å². The Kier molecular flexibility index (Phi) is 10.2. The SMILES string of the molecule is NC(=O)c1cccc([C@@H]2O[C@H](COP(=O)(O)OP(=O)(O)OC[C@H]3O[C@@H](CCn4cnc5c(N)ncnc54)C(O)[C@H]3O)C(O)[C@@H]2O)c1. The van der Waals surface area contributed by atoms with Gasteiger partial charge in [-0.1, -0.05) is 12.1 Å². The van der Waals surface area contributed by atoms with Crippen LogP contribution in [0.3, 0.4) is 0 Å². The maximum Gasteiger partial charge on any atom is 0.481 e. The largest absolute Gasteiger partial charge is 0.481 e. The van der Waals surface area contributed by atoms with Gasteiger partial charge in [-0.15, -0.1) is 0 Å². The molecule has 0 radical (unpaired) electrons. The molecule has 2 aliphatic heterocycles. The lowest BCUT2D eigenvalue weighted by Gasteiger charge is -2.20. The van der Waals surface area contributed by atoms with E-state index in [1.807, 2.05) is 0 Å². The minimum atomic E-state index is -5.34. The summed E-state index contributed by atoms with van der Waals surface area (Å²) in [6, 6.07) is 5.74. The van der Waals surface area contributed by atoms with Crippen molar-refractivity contribution in [2.24, 2.45) is 5.73 Å². The van der Waals surface area contributed by atoms with Crippen LogP contribution in [0.1, 0.15) is 28.4 Å². The van der Waals surface area contributed by atoms with E-state index in [-0.39, 0.29) is 29.9 Å². The number of aromatic nitrogens is 4. The second-order valence-electron chi connectivity index (χ2n) is 10.5. The molecule has 1 aromatic carbocycles. The van der Waals surface area contributed by atoms with Gasteiger partial charge in [0.25, 0.3) is 0 Å². The fourth-order valence-electron chi connectivity index (χ4n) is 5.07. The quantitative estimate of drug-likeness (QED) is 0.0946. The fourth-order valence-corrected chi connectivity index (χ4v) is 7.17. The number of phosphoric ester groups is 2. The van der Waals surface area contributed by atoms with Crippen LogP contribution < -0.4 is 11.5 Å². The highest BCUT2D eigenvalue weighted by Crippen LogP contribution is 2.60. The predicted molar refractivity (Wildman–Crippen MR) is 152 cm³/mol. The van der Waals surface area contributed by atoms with Crippen molar-refractivity contribution in [3.8, 4) is 0 Å². The van der Waals surface area contributed by atoms with Gasteiger partial charge in [-0.2, -0.15) is 4.31 Å². The number of anilines is 1. The molecule has 252 valence electrons. The normalized spacial score (nSPS) is 30.7. The zero-order valence-corrected chi connectivity index (χ0v) is 25.5. The molecular formula is C24H32N6O14P2. The summed E-state index contributed by atoms with van der Waals surface area (Å²) in [5.74, 6) is -0.557. The van der Waals surface area contributed by atoms with E-state index in [0.717, 1.165) is 0 Å². The number of aryl methyl sites for hydroxylation is 1. The third-order valence-electron chi connectivity index (χ3n) is 7.42. The Hall–Kier alpha value is -2.94. The van der Waals surface area contributed by atoms with Crippen molar-refractivity contribution in [3.05, 3.63) is 48.0 Å². The van der Waals surface area contributed by atoms with Crippen LogP contribution in [0.5, 0.6) is 0 Å². The van der Waals surface area contributed by atoms with Crippen molar-refractivity contribution in [1.82, 2.24) is 19.5 Å². The molecule has 4 unspecified atom stereocenters. The third-order valence-corrected chi connectivity index (χ3v) is 10.0. The Labute approximate surface area is 259 Å². The molecule has 0 bridgehead atoms. The van der Waals surface area contributed by atoms with Gasteiger partial charge in [0.1, 0.15) is 54.6 Å². The number of fused-ring (bicyclic) bond motifs is 1. The molecule has 2 fully saturated rings. The molecule has 3 aromatic rings. The zero-order chi connectivity index (χ0) is 33.4. The summed E-state index contributed by atoms with van der Waals surface area (Å²) >= 11 is 0. The first-order chi connectivity index (χ1) is 21.7. The van der Waals surface area contributed by atoms with Crippen molar-refractivity contribution >= 4 is 38.5 Å². The van der Waals surface area contributed by atoms with Crippen molar-refractivity contribution in [2.75, 3.05) is 18.9 Å². The van der Waals surface area contributed by atoms with Gasteiger partial charge in [-0.25, -0.2) is 24.1 Å². The lowest BCUT2D eigenvalue weighted by molar-refractivity contribution is -0.0281. The molecule has 2 aromatic heterocycles. The van der Waals surface area contributed by atoms with Crippen LogP contribution in [0.25, 0.3) is 11.2 Å². The van der Waals surface area contributed by atoms with Crippen LogP contribution in [0, 0.1) is 0 Å². The van der Waals surface area contributed by atoms with E-state index in [2.05, 4.69) is 19.3 Å². The summed E-state index contributed by atoms with van der Waals surface area (Å²) in [7, 11) is -10.7. The van der Waals surface area contributed by atoms with E-state index in [1.165, 1.54) is 36.9 Å². The molecule has 2 aliphatic rings. The highest BCUT2D eigenvalue weighted by Gasteiger charge is 2.47. The van der Waals surface area contributed by atoms with Crippen LogP contribution in [0.4, 0.5) is 5.82 Å². The predicted octanol–water partition coefficient (Wildman–Crippen LogP) is -1.50. The lowest BCUT2D eigenvalue weighted by Crippen LogP contribution is -2.34. The monoisotopic (exact) mass is 690 g/mol. The number of amides is 1. The standard InChI is InChI=1S/C24H32N6O14P2/c25-22-16-24(28-9-27-22)30(10-29-16)5-4-13-17(31)18(32)14(42-13)7-40-45(36,37)44-46(38,39)41-8-15-19(33)20(34)21(43-15)11-2-1-3-12(6-11)23(26)35/h1-3,6,9-10,13-15,17-21,31-34H,4-5,7-8H2,(H2,26,35)(H,36,37)(H,38,39)(H2,25,27,28)/t13-,14+,15+,17?,18-,19?,20-,21-/m0/s1. The van der Waals surface area contributed by atoms with Crippen molar-refractivity contribution in [3.63, 3.8) is 0 Å². The first-order valence-corrected chi connectivity index (χ1v) is 16.6. The van der Waals surface area contributed by atoms with Gasteiger partial charge in [-0.05, 0) is 24.1 Å². The second-order valence-corrected chi connectivity index (χ2v) is 13.6. The van der Waals surface area contributed by atoms with E-state index in [9.17, 15) is 44.1 Å². The Balaban J connectivity index is 1.11. The van der Waals surface area contributed by atoms with Gasteiger partial charge in [0.15, 0.2) is 11.5 Å². The van der Waals surface area contributed by atoms with Gasteiger partial charge in [0.2, 0.25) is 5.91 Å². The number of rotatable bonds is 13. The average molecular weight is 690 g/mol. The summed E-state index contributed by atoms with van der Waals surface area (Å²) in [4.78, 5) is 43.6. The molecule has 0 spiro atoms. The van der Waals surface area contributed by atoms with Gasteiger partial charge < -0.3 is 55.7 Å². The summed E-state index contributed by atoms with van der Waals surface area (Å²) < 4.78 is 51.3. The summed E-state index contributed by atoms with van der Waals surface area (Å²) in [5.41, 5.74) is 12.2. The smallest absolute Gasteiger partial charge is 0.388 e. The van der Waals surface area contributed by atoms with Crippen molar-refractivity contribution in [1.29, 1.82) is 0 Å². The Morgan fingerprint density at radius 3 is 2.22 bits per heavy atom. The summed E-state index contributed by atoms with van der Waals surface area (Å²) in [6.07, 6.45) is -8.08. The molecule has 46 heavy (non-hydrogen) atoms. The number of nitrogens with zero attached hydrogens (tertiary/aromatic N) is 4. The van der Waals surface area contributed by atoms with E-state index in [1.54, 1.807) is 4.57 Å². The minimum Gasteiger partial charge on any atom is -0.388 e. The number of carbonyl (C=O) groups excluding carboxylic acids is 1. The van der Waals surface area contributed by atoms with Gasteiger partial charge in [0.05, 0.1) is 25.6 Å². The Bertz CT molecular complexity index is 1660. The number of hydrogen-bond acceptors (Lipinski definition) is 16. The molecule has 2 saturated heterocycles.